The van der Waals surface area contributed by atoms with Crippen LogP contribution in [0.3, 0.4) is 0 Å². The topological polar surface area (TPSA) is 0 Å². The van der Waals surface area contributed by atoms with Gasteiger partial charge in [0.1, 0.15) is 0 Å². The van der Waals surface area contributed by atoms with E-state index >= 15 is 0 Å². The number of benzene rings is 5. The molecule has 0 amide bonds. The molecule has 228 valence electrons. The van der Waals surface area contributed by atoms with Crippen LogP contribution in [0.1, 0.15) is 56.4 Å². The molecule has 3 heteroatoms. The summed E-state index contributed by atoms with van der Waals surface area (Å²) >= 11 is 1.30. The molecule has 7 rings (SSSR count). The SMILES string of the molecule is C[C-](C)c1ccccc1.C[C-](C)c1ccccc1.Cl.Cl.[C-]1=CC=CC1.[CH2]=[Zr].[c-]1cccc2ccc3c(c12)Cc1ccccc1-3. The van der Waals surface area contributed by atoms with Gasteiger partial charge in [-0.1, -0.05) is 81.8 Å². The van der Waals surface area contributed by atoms with E-state index in [1.54, 1.807) is 0 Å². The molecule has 0 nitrogen and oxygen atoms in total. The monoisotopic (exact) mass is 694 g/mol. The zero-order valence-corrected chi connectivity index (χ0v) is 30.2. The minimum atomic E-state index is 0. The van der Waals surface area contributed by atoms with Crippen LogP contribution in [0, 0.1) is 24.0 Å². The molecule has 0 aromatic heterocycles. The van der Waals surface area contributed by atoms with Crippen molar-refractivity contribution in [3.05, 3.63) is 180 Å². The van der Waals surface area contributed by atoms with E-state index in [0.717, 1.165) is 12.8 Å². The number of rotatable bonds is 2. The molecule has 2 aliphatic rings. The van der Waals surface area contributed by atoms with Gasteiger partial charge in [-0.15, -0.1) is 96.1 Å². The van der Waals surface area contributed by atoms with Gasteiger partial charge in [0.2, 0.25) is 0 Å². The maximum absolute atomic E-state index is 3.39. The van der Waals surface area contributed by atoms with Crippen molar-refractivity contribution < 1.29 is 24.2 Å². The van der Waals surface area contributed by atoms with Crippen molar-refractivity contribution in [2.45, 2.75) is 40.5 Å². The van der Waals surface area contributed by atoms with Crippen molar-refractivity contribution in [3.63, 3.8) is 0 Å². The Labute approximate surface area is 293 Å². The predicted octanol–water partition coefficient (Wildman–Crippen LogP) is 11.6. The summed E-state index contributed by atoms with van der Waals surface area (Å²) < 4.78 is 3.34. The fraction of sp³-hybridized carbons (Fsp3) is 0.146. The van der Waals surface area contributed by atoms with E-state index in [4.69, 9.17) is 0 Å². The molecule has 0 N–H and O–H groups in total. The van der Waals surface area contributed by atoms with Gasteiger partial charge in [0.05, 0.1) is 0 Å². The Bertz CT molecular complexity index is 1500. The molecule has 44 heavy (non-hydrogen) atoms. The summed E-state index contributed by atoms with van der Waals surface area (Å²) in [5.74, 6) is 2.74. The van der Waals surface area contributed by atoms with Gasteiger partial charge in [-0.2, -0.15) is 53.3 Å². The summed E-state index contributed by atoms with van der Waals surface area (Å²) in [6.07, 6.45) is 11.0. The first kappa shape index (κ1) is 38.9. The molecule has 0 radical (unpaired) electrons. The van der Waals surface area contributed by atoms with Crippen LogP contribution in [0.25, 0.3) is 21.9 Å². The Morgan fingerprint density at radius 3 is 1.68 bits per heavy atom. The van der Waals surface area contributed by atoms with Gasteiger partial charge in [-0.05, 0) is 17.5 Å². The smallest absolute Gasteiger partial charge is 0.0246 e. The third-order valence-electron chi connectivity index (χ3n) is 6.91. The Balaban J connectivity index is 0.000000310. The van der Waals surface area contributed by atoms with Crippen LogP contribution < -0.4 is 0 Å². The van der Waals surface area contributed by atoms with Gasteiger partial charge >= 0.3 is 28.4 Å². The van der Waals surface area contributed by atoms with Crippen molar-refractivity contribution >= 4 is 39.8 Å². The molecule has 2 aliphatic carbocycles. The van der Waals surface area contributed by atoms with Crippen molar-refractivity contribution in [2.24, 2.45) is 0 Å². The standard InChI is InChI=1S/C17H11.2C9H11.C5H5.CH2.2ClH.Zr/c1-3-7-14-12(5-1)9-10-16-15-8-4-2-6-13(15)11-17(14)16;2*1-8(2)9-6-4-3-5-7-9;1-2-4-5-3-1;;;;/h1-6,8-10H,11H2;2*3-7H,1-2H3;1-3H,4H2;1H2;2*1H;/q4*-1;;;;. The molecular weight excluding hydrogens is 655 g/mol. The van der Waals surface area contributed by atoms with E-state index in [2.05, 4.69) is 147 Å². The third kappa shape index (κ3) is 11.8. The molecule has 0 saturated heterocycles. The first-order valence-electron chi connectivity index (χ1n) is 14.3. The molecule has 0 saturated carbocycles. The zero-order valence-electron chi connectivity index (χ0n) is 26.1. The van der Waals surface area contributed by atoms with Crippen molar-refractivity contribution in [2.75, 3.05) is 0 Å². The molecule has 0 fully saturated rings. The van der Waals surface area contributed by atoms with Gasteiger partial charge in [0.25, 0.3) is 0 Å². The van der Waals surface area contributed by atoms with Crippen LogP contribution in [0.4, 0.5) is 0 Å². The minimum absolute atomic E-state index is 0. The second-order valence-electron chi connectivity index (χ2n) is 10.3. The number of allylic oxidation sites excluding steroid dienone is 4. The number of halogens is 2. The third-order valence-corrected chi connectivity index (χ3v) is 6.91. The Hall–Kier alpha value is -3.09. The van der Waals surface area contributed by atoms with E-state index in [9.17, 15) is 0 Å². The van der Waals surface area contributed by atoms with Gasteiger partial charge in [-0.25, -0.2) is 12.2 Å². The molecule has 0 bridgehead atoms. The fourth-order valence-electron chi connectivity index (χ4n) is 4.71. The van der Waals surface area contributed by atoms with Gasteiger partial charge in [0.15, 0.2) is 0 Å². The van der Waals surface area contributed by atoms with E-state index in [0.29, 0.717) is 0 Å². The summed E-state index contributed by atoms with van der Waals surface area (Å²) in [5.41, 5.74) is 8.31. The van der Waals surface area contributed by atoms with Crippen LogP contribution in [0.5, 0.6) is 0 Å². The second-order valence-corrected chi connectivity index (χ2v) is 10.3. The molecule has 5 aromatic rings. The van der Waals surface area contributed by atoms with Gasteiger partial charge in [-0.3, -0.25) is 6.08 Å². The summed E-state index contributed by atoms with van der Waals surface area (Å²) in [5, 5.41) is 2.57. The Morgan fingerprint density at radius 1 is 0.636 bits per heavy atom. The average Bonchev–Trinajstić information content (AvgIpc) is 3.76. The molecule has 0 atom stereocenters. The van der Waals surface area contributed by atoms with Crippen molar-refractivity contribution in [3.8, 4) is 11.1 Å². The van der Waals surface area contributed by atoms with Crippen LogP contribution in [0.15, 0.2) is 133 Å². The first-order chi connectivity index (χ1) is 20.5. The summed E-state index contributed by atoms with van der Waals surface area (Å²) in [6.45, 7) is 8.48. The molecule has 0 unspecified atom stereocenters. The zero-order chi connectivity index (χ0) is 30.2. The fourth-order valence-corrected chi connectivity index (χ4v) is 4.71. The second kappa shape index (κ2) is 21.6. The molecular formula is C41H42Cl2Zr-4. The van der Waals surface area contributed by atoms with E-state index in [-0.39, 0.29) is 24.8 Å². The first-order valence-corrected chi connectivity index (χ1v) is 16.1. The van der Waals surface area contributed by atoms with E-state index in [1.165, 1.54) is 80.2 Å². The Kier molecular flexibility index (Phi) is 19.1. The van der Waals surface area contributed by atoms with Crippen molar-refractivity contribution in [1.29, 1.82) is 0 Å². The summed E-state index contributed by atoms with van der Waals surface area (Å²) in [7, 11) is 0. The maximum atomic E-state index is 3.39. The molecule has 5 aromatic carbocycles. The number of hydrogen-bond donors (Lipinski definition) is 0. The van der Waals surface area contributed by atoms with Crippen LogP contribution in [-0.2, 0) is 30.7 Å². The largest absolute Gasteiger partial charge is 0.147 e. The van der Waals surface area contributed by atoms with Crippen LogP contribution in [0.2, 0.25) is 0 Å². The number of fused-ring (bicyclic) bond motifs is 5. The minimum Gasteiger partial charge on any atom is -0.147 e. The van der Waals surface area contributed by atoms with Gasteiger partial charge in [0, 0.05) is 0 Å². The summed E-state index contributed by atoms with van der Waals surface area (Å²) in [4.78, 5) is 0. The quantitative estimate of drug-likeness (QED) is 0.158. The van der Waals surface area contributed by atoms with E-state index in [1.807, 2.05) is 30.4 Å². The predicted molar refractivity (Wildman–Crippen MR) is 194 cm³/mol. The molecule has 0 aliphatic heterocycles. The Morgan fingerprint density at radius 2 is 1.20 bits per heavy atom. The van der Waals surface area contributed by atoms with Crippen LogP contribution >= 0.6 is 24.8 Å². The molecule has 0 heterocycles. The summed E-state index contributed by atoms with van der Waals surface area (Å²) in [6, 6.07) is 43.5. The van der Waals surface area contributed by atoms with E-state index < -0.39 is 0 Å². The average molecular weight is 697 g/mol. The normalized spacial score (nSPS) is 10.6. The maximum Gasteiger partial charge on any atom is -0.0246 e. The van der Waals surface area contributed by atoms with Crippen LogP contribution in [-0.4, -0.2) is 4.21 Å². The van der Waals surface area contributed by atoms with Crippen molar-refractivity contribution in [1.82, 2.24) is 0 Å². The molecule has 0 spiro atoms. The van der Waals surface area contributed by atoms with Gasteiger partial charge < -0.3 is 0 Å². The number of hydrogen-bond acceptors (Lipinski definition) is 0.